The van der Waals surface area contributed by atoms with E-state index in [-0.39, 0.29) is 4.90 Å². The summed E-state index contributed by atoms with van der Waals surface area (Å²) in [7, 11) is -3.58. The number of rotatable bonds is 4. The summed E-state index contributed by atoms with van der Waals surface area (Å²) in [5.41, 5.74) is 0.529. The lowest BCUT2D eigenvalue weighted by molar-refractivity contribution is 0.176. The molecule has 2 rings (SSSR count). The summed E-state index contributed by atoms with van der Waals surface area (Å²) in [6.45, 7) is 1.50. The van der Waals surface area contributed by atoms with Crippen LogP contribution in [-0.4, -0.2) is 18.8 Å². The van der Waals surface area contributed by atoms with Crippen LogP contribution in [0, 0.1) is 0 Å². The Morgan fingerprint density at radius 3 is 2.10 bits per heavy atom. The Morgan fingerprint density at radius 1 is 1.00 bits per heavy atom. The van der Waals surface area contributed by atoms with Gasteiger partial charge in [0.05, 0.1) is 16.2 Å². The van der Waals surface area contributed by atoms with Crippen molar-refractivity contribution in [2.75, 3.05) is 0 Å². The summed E-state index contributed by atoms with van der Waals surface area (Å²) in [5.74, 6) is 0. The highest BCUT2D eigenvalue weighted by Crippen LogP contribution is 2.27. The summed E-state index contributed by atoms with van der Waals surface area (Å²) in [5, 5.41) is 9.86. The molecule has 0 fully saturated rings. The van der Waals surface area contributed by atoms with Gasteiger partial charge in [-0.2, -0.15) is 0 Å². The van der Waals surface area contributed by atoms with Gasteiger partial charge in [-0.05, 0) is 36.8 Å². The minimum Gasteiger partial charge on any atom is -0.387 e. The molecule has 0 spiro atoms. The molecule has 2 atom stereocenters. The monoisotopic (exact) mass is 310 g/mol. The number of aliphatic hydroxyl groups is 1. The van der Waals surface area contributed by atoms with Crippen molar-refractivity contribution < 1.29 is 13.5 Å². The molecule has 0 aliphatic rings. The van der Waals surface area contributed by atoms with Crippen LogP contribution in [0.1, 0.15) is 18.6 Å². The summed E-state index contributed by atoms with van der Waals surface area (Å²) in [6.07, 6.45) is -1.10. The zero-order valence-corrected chi connectivity index (χ0v) is 12.5. The highest BCUT2D eigenvalue weighted by Gasteiger charge is 2.30. The minimum absolute atomic E-state index is 0.209. The minimum atomic E-state index is -3.58. The number of hydrogen-bond acceptors (Lipinski definition) is 3. The van der Waals surface area contributed by atoms with Crippen molar-refractivity contribution in [1.29, 1.82) is 0 Å². The van der Waals surface area contributed by atoms with Gasteiger partial charge in [0.15, 0.2) is 9.84 Å². The van der Waals surface area contributed by atoms with E-state index in [1.54, 1.807) is 42.5 Å². The summed E-state index contributed by atoms with van der Waals surface area (Å²) >= 11 is 5.78. The van der Waals surface area contributed by atoms with Crippen LogP contribution in [0.15, 0.2) is 59.5 Å². The Labute approximate surface area is 123 Å². The first-order valence-electron chi connectivity index (χ1n) is 6.15. The molecule has 1 N–H and O–H groups in total. The van der Waals surface area contributed by atoms with E-state index in [1.807, 2.05) is 0 Å². The van der Waals surface area contributed by atoms with Crippen LogP contribution in [0.2, 0.25) is 5.02 Å². The lowest BCUT2D eigenvalue weighted by atomic mass is 10.1. The van der Waals surface area contributed by atoms with Crippen LogP contribution in [0.4, 0.5) is 0 Å². The van der Waals surface area contributed by atoms with Gasteiger partial charge in [-0.1, -0.05) is 41.9 Å². The van der Waals surface area contributed by atoms with Crippen LogP contribution in [0.5, 0.6) is 0 Å². The van der Waals surface area contributed by atoms with E-state index in [4.69, 9.17) is 11.6 Å². The van der Waals surface area contributed by atoms with Gasteiger partial charge >= 0.3 is 0 Å². The molecule has 0 radical (unpaired) electrons. The van der Waals surface area contributed by atoms with E-state index in [0.717, 1.165) is 0 Å². The molecule has 5 heteroatoms. The van der Waals surface area contributed by atoms with Crippen LogP contribution < -0.4 is 0 Å². The molecule has 0 amide bonds. The van der Waals surface area contributed by atoms with Crippen molar-refractivity contribution in [3.05, 3.63) is 65.2 Å². The number of aliphatic hydroxyl groups excluding tert-OH is 1. The van der Waals surface area contributed by atoms with E-state index in [9.17, 15) is 13.5 Å². The largest absolute Gasteiger partial charge is 0.387 e. The average molecular weight is 311 g/mol. The molecule has 106 valence electrons. The van der Waals surface area contributed by atoms with Gasteiger partial charge < -0.3 is 5.11 Å². The van der Waals surface area contributed by atoms with E-state index in [0.29, 0.717) is 10.6 Å². The first-order chi connectivity index (χ1) is 9.43. The van der Waals surface area contributed by atoms with Crippen LogP contribution >= 0.6 is 11.6 Å². The van der Waals surface area contributed by atoms with Crippen molar-refractivity contribution in [3.63, 3.8) is 0 Å². The molecule has 0 aliphatic heterocycles. The van der Waals surface area contributed by atoms with Crippen molar-refractivity contribution in [1.82, 2.24) is 0 Å². The van der Waals surface area contributed by atoms with Gasteiger partial charge in [0.25, 0.3) is 0 Å². The van der Waals surface area contributed by atoms with Crippen LogP contribution in [-0.2, 0) is 9.84 Å². The Hall–Kier alpha value is -1.36. The molecule has 0 saturated carbocycles. The maximum absolute atomic E-state index is 12.4. The van der Waals surface area contributed by atoms with Crippen molar-refractivity contribution in [2.24, 2.45) is 0 Å². The van der Waals surface area contributed by atoms with Crippen molar-refractivity contribution in [3.8, 4) is 0 Å². The van der Waals surface area contributed by atoms with E-state index < -0.39 is 21.2 Å². The second kappa shape index (κ2) is 5.95. The predicted molar refractivity (Wildman–Crippen MR) is 79.5 cm³/mol. The highest BCUT2D eigenvalue weighted by molar-refractivity contribution is 7.92. The van der Waals surface area contributed by atoms with Crippen molar-refractivity contribution >= 4 is 21.4 Å². The average Bonchev–Trinajstić information content (AvgIpc) is 2.47. The molecule has 0 aromatic heterocycles. The van der Waals surface area contributed by atoms with E-state index in [1.165, 1.54) is 19.1 Å². The zero-order chi connectivity index (χ0) is 14.8. The lowest BCUT2D eigenvalue weighted by Gasteiger charge is -2.19. The van der Waals surface area contributed by atoms with Gasteiger partial charge in [-0.15, -0.1) is 0 Å². The van der Waals surface area contributed by atoms with Crippen LogP contribution in [0.25, 0.3) is 0 Å². The number of hydrogen-bond donors (Lipinski definition) is 1. The Balaban J connectivity index is 2.31. The van der Waals surface area contributed by atoms with Crippen molar-refractivity contribution in [2.45, 2.75) is 23.2 Å². The fourth-order valence-corrected chi connectivity index (χ4v) is 3.51. The molecular weight excluding hydrogens is 296 g/mol. The van der Waals surface area contributed by atoms with Crippen LogP contribution in [0.3, 0.4) is 0 Å². The molecule has 3 nitrogen and oxygen atoms in total. The second-order valence-corrected chi connectivity index (χ2v) is 7.30. The maximum atomic E-state index is 12.4. The lowest BCUT2D eigenvalue weighted by Crippen LogP contribution is -2.25. The number of halogens is 1. The molecule has 0 bridgehead atoms. The number of benzene rings is 2. The third-order valence-corrected chi connectivity index (χ3v) is 5.64. The SMILES string of the molecule is C[C@@H]([C@H](O)c1ccc(Cl)cc1)S(=O)(=O)c1ccccc1. The molecule has 20 heavy (non-hydrogen) atoms. The highest BCUT2D eigenvalue weighted by atomic mass is 35.5. The third-order valence-electron chi connectivity index (χ3n) is 3.22. The zero-order valence-electron chi connectivity index (χ0n) is 10.9. The Kier molecular flexibility index (Phi) is 4.48. The first kappa shape index (κ1) is 15.0. The topological polar surface area (TPSA) is 54.4 Å². The summed E-state index contributed by atoms with van der Waals surface area (Å²) < 4.78 is 24.9. The first-order valence-corrected chi connectivity index (χ1v) is 8.08. The maximum Gasteiger partial charge on any atom is 0.183 e. The third kappa shape index (κ3) is 3.03. The summed E-state index contributed by atoms with van der Waals surface area (Å²) in [6, 6.07) is 14.6. The molecular formula is C15H15ClO3S. The second-order valence-electron chi connectivity index (χ2n) is 4.56. The molecule has 2 aromatic rings. The smallest absolute Gasteiger partial charge is 0.183 e. The normalized spacial score (nSPS) is 14.8. The predicted octanol–water partition coefficient (Wildman–Crippen LogP) is 3.24. The van der Waals surface area contributed by atoms with Gasteiger partial charge in [0.1, 0.15) is 0 Å². The number of sulfone groups is 1. The van der Waals surface area contributed by atoms with Gasteiger partial charge in [0, 0.05) is 5.02 Å². The standard InChI is InChI=1S/C15H15ClO3S/c1-11(15(17)12-7-9-13(16)10-8-12)20(18,19)14-5-3-2-4-6-14/h2-11,15,17H,1H3/t11-,15-/m0/s1. The van der Waals surface area contributed by atoms with Gasteiger partial charge in [-0.3, -0.25) is 0 Å². The fourth-order valence-electron chi connectivity index (χ4n) is 1.93. The molecule has 0 saturated heterocycles. The fraction of sp³-hybridized carbons (Fsp3) is 0.200. The summed E-state index contributed by atoms with van der Waals surface area (Å²) in [4.78, 5) is 0.209. The molecule has 0 heterocycles. The Morgan fingerprint density at radius 2 is 1.55 bits per heavy atom. The molecule has 2 aromatic carbocycles. The van der Waals surface area contributed by atoms with E-state index in [2.05, 4.69) is 0 Å². The molecule has 0 unspecified atom stereocenters. The quantitative estimate of drug-likeness (QED) is 0.943. The molecule has 0 aliphatic carbocycles. The Bertz CT molecular complexity index is 666. The van der Waals surface area contributed by atoms with Gasteiger partial charge in [0.2, 0.25) is 0 Å². The van der Waals surface area contributed by atoms with Gasteiger partial charge in [-0.25, -0.2) is 8.42 Å². The van der Waals surface area contributed by atoms with E-state index >= 15 is 0 Å².